The Morgan fingerprint density at radius 2 is 1.78 bits per heavy atom. The summed E-state index contributed by atoms with van der Waals surface area (Å²) in [5.74, 6) is -3.53. The second-order valence-corrected chi connectivity index (χ2v) is 8.29. The minimum atomic E-state index is -1.22. The van der Waals surface area contributed by atoms with Crippen molar-refractivity contribution in [1.29, 1.82) is 0 Å². The topological polar surface area (TPSA) is 74.6 Å². The van der Waals surface area contributed by atoms with Crippen LogP contribution in [0.25, 0.3) is 0 Å². The van der Waals surface area contributed by atoms with Gasteiger partial charge in [0, 0.05) is 18.0 Å². The number of carbonyl (C=O) groups excluding carboxylic acids is 1. The summed E-state index contributed by atoms with van der Waals surface area (Å²) in [6.07, 6.45) is 2.98. The molecule has 0 amide bonds. The van der Waals surface area contributed by atoms with E-state index in [1.54, 1.807) is 42.2 Å². The van der Waals surface area contributed by atoms with Crippen molar-refractivity contribution in [3.63, 3.8) is 0 Å². The second-order valence-electron chi connectivity index (χ2n) is 8.29. The number of hydroxylamine groups is 2. The third-order valence-electron chi connectivity index (χ3n) is 5.95. The SMILES string of the molecule is CCOC(=O)C1=CN2C3=C(OC[C@@H]2Cc2ccccc2)C(F)=C(F)C(=Nc2ccccc2)C3=CN1O. The first-order chi connectivity index (χ1) is 17.5. The molecule has 7 nitrogen and oxygen atoms in total. The lowest BCUT2D eigenvalue weighted by molar-refractivity contribution is -0.144. The van der Waals surface area contributed by atoms with Crippen LogP contribution in [-0.4, -0.2) is 46.1 Å². The molecule has 0 bridgehead atoms. The van der Waals surface area contributed by atoms with Crippen LogP contribution in [0.5, 0.6) is 0 Å². The molecule has 0 unspecified atom stereocenters. The third kappa shape index (κ3) is 4.29. The zero-order valence-electron chi connectivity index (χ0n) is 19.4. The predicted octanol–water partition coefficient (Wildman–Crippen LogP) is 5.07. The van der Waals surface area contributed by atoms with Gasteiger partial charge in [0.1, 0.15) is 12.3 Å². The maximum absolute atomic E-state index is 15.4. The van der Waals surface area contributed by atoms with Gasteiger partial charge in [-0.25, -0.2) is 19.2 Å². The molecule has 1 N–H and O–H groups in total. The van der Waals surface area contributed by atoms with E-state index in [0.29, 0.717) is 17.2 Å². The number of allylic oxidation sites excluding steroid dienone is 3. The summed E-state index contributed by atoms with van der Waals surface area (Å²) >= 11 is 0. The van der Waals surface area contributed by atoms with Crippen LogP contribution < -0.4 is 0 Å². The van der Waals surface area contributed by atoms with Crippen LogP contribution in [0, 0.1) is 0 Å². The fourth-order valence-electron chi connectivity index (χ4n) is 4.30. The van der Waals surface area contributed by atoms with E-state index in [1.165, 1.54) is 6.20 Å². The maximum Gasteiger partial charge on any atom is 0.358 e. The zero-order chi connectivity index (χ0) is 25.2. The number of halogens is 2. The lowest BCUT2D eigenvalue weighted by Crippen LogP contribution is -2.43. The first-order valence-corrected chi connectivity index (χ1v) is 11.5. The number of hydrogen-bond acceptors (Lipinski definition) is 7. The van der Waals surface area contributed by atoms with E-state index in [2.05, 4.69) is 4.99 Å². The van der Waals surface area contributed by atoms with Gasteiger partial charge in [-0.1, -0.05) is 48.5 Å². The first-order valence-electron chi connectivity index (χ1n) is 11.5. The van der Waals surface area contributed by atoms with Crippen LogP contribution in [0.4, 0.5) is 14.5 Å². The number of esters is 1. The van der Waals surface area contributed by atoms with Crippen LogP contribution in [0.15, 0.2) is 112 Å². The van der Waals surface area contributed by atoms with E-state index in [1.807, 2.05) is 30.3 Å². The fourth-order valence-corrected chi connectivity index (χ4v) is 4.30. The molecule has 2 aromatic rings. The van der Waals surface area contributed by atoms with Gasteiger partial charge in [0.05, 0.1) is 24.0 Å². The van der Waals surface area contributed by atoms with Gasteiger partial charge in [-0.3, -0.25) is 5.21 Å². The van der Waals surface area contributed by atoms with Crippen LogP contribution in [0.1, 0.15) is 12.5 Å². The van der Waals surface area contributed by atoms with Crippen molar-refractivity contribution >= 4 is 17.4 Å². The molecule has 1 atom stereocenters. The molecule has 0 radical (unpaired) electrons. The van der Waals surface area contributed by atoms with Gasteiger partial charge in [-0.15, -0.1) is 0 Å². The highest BCUT2D eigenvalue weighted by atomic mass is 19.2. The van der Waals surface area contributed by atoms with Crippen LogP contribution in [-0.2, 0) is 20.7 Å². The normalized spacial score (nSPS) is 20.4. The molecular weight excluding hydrogens is 468 g/mol. The summed E-state index contributed by atoms with van der Waals surface area (Å²) in [4.78, 5) is 18.7. The van der Waals surface area contributed by atoms with Gasteiger partial charge < -0.3 is 14.4 Å². The molecule has 0 saturated heterocycles. The monoisotopic (exact) mass is 491 g/mol. The summed E-state index contributed by atoms with van der Waals surface area (Å²) in [7, 11) is 0. The minimum Gasteiger partial charge on any atom is -0.486 e. The Morgan fingerprint density at radius 1 is 1.08 bits per heavy atom. The van der Waals surface area contributed by atoms with Crippen molar-refractivity contribution in [2.75, 3.05) is 13.2 Å². The highest BCUT2D eigenvalue weighted by Crippen LogP contribution is 2.43. The molecule has 0 aromatic heterocycles. The molecule has 2 aliphatic heterocycles. The summed E-state index contributed by atoms with van der Waals surface area (Å²) in [5, 5.41) is 11.4. The molecule has 2 heterocycles. The number of rotatable bonds is 5. The van der Waals surface area contributed by atoms with E-state index in [0.717, 1.165) is 11.8 Å². The molecule has 36 heavy (non-hydrogen) atoms. The number of ether oxygens (including phenoxy) is 2. The van der Waals surface area contributed by atoms with Crippen molar-refractivity contribution in [3.05, 3.63) is 113 Å². The lowest BCUT2D eigenvalue weighted by Gasteiger charge is -2.39. The van der Waals surface area contributed by atoms with Gasteiger partial charge in [0.25, 0.3) is 0 Å². The Bertz CT molecular complexity index is 1330. The molecule has 0 spiro atoms. The van der Waals surface area contributed by atoms with E-state index in [4.69, 9.17) is 9.47 Å². The molecule has 0 fully saturated rings. The Hall–Kier alpha value is -4.24. The number of benzene rings is 2. The molecule has 1 aliphatic carbocycles. The molecular formula is C27H23F2N3O4. The maximum atomic E-state index is 15.4. The second kappa shape index (κ2) is 9.79. The molecule has 2 aromatic carbocycles. The Labute approximate surface area is 206 Å². The van der Waals surface area contributed by atoms with Gasteiger partial charge in [0.15, 0.2) is 17.3 Å². The summed E-state index contributed by atoms with van der Waals surface area (Å²) in [6, 6.07) is 17.7. The average molecular weight is 491 g/mol. The van der Waals surface area contributed by atoms with E-state index < -0.39 is 23.7 Å². The number of para-hydroxylation sites is 1. The fraction of sp³-hybridized carbons (Fsp3) is 0.185. The van der Waals surface area contributed by atoms with Crippen molar-refractivity contribution < 1.29 is 28.3 Å². The Balaban J connectivity index is 1.68. The van der Waals surface area contributed by atoms with Crippen molar-refractivity contribution in [3.8, 4) is 0 Å². The third-order valence-corrected chi connectivity index (χ3v) is 5.95. The highest BCUT2D eigenvalue weighted by Gasteiger charge is 2.43. The minimum absolute atomic E-state index is 0.0188. The van der Waals surface area contributed by atoms with Gasteiger partial charge in [-0.2, -0.15) is 4.39 Å². The van der Waals surface area contributed by atoms with Crippen LogP contribution >= 0.6 is 0 Å². The van der Waals surface area contributed by atoms with E-state index in [-0.39, 0.29) is 41.7 Å². The largest absolute Gasteiger partial charge is 0.486 e. The first kappa shape index (κ1) is 23.5. The summed E-state index contributed by atoms with van der Waals surface area (Å²) < 4.78 is 41.5. The van der Waals surface area contributed by atoms with Gasteiger partial charge in [-0.05, 0) is 31.0 Å². The van der Waals surface area contributed by atoms with Crippen molar-refractivity contribution in [2.24, 2.45) is 4.99 Å². The number of hydrogen-bond donors (Lipinski definition) is 1. The number of carbonyl (C=O) groups is 1. The summed E-state index contributed by atoms with van der Waals surface area (Å²) in [6.45, 7) is 1.74. The Kier molecular flexibility index (Phi) is 6.39. The lowest BCUT2D eigenvalue weighted by atomic mass is 9.94. The van der Waals surface area contributed by atoms with Gasteiger partial charge in [0.2, 0.25) is 5.83 Å². The smallest absolute Gasteiger partial charge is 0.358 e. The quantitative estimate of drug-likeness (QED) is 0.589. The van der Waals surface area contributed by atoms with Gasteiger partial charge >= 0.3 is 5.97 Å². The number of aliphatic imine (C=N–C) groups is 1. The molecule has 184 valence electrons. The molecule has 9 heteroatoms. The number of nitrogens with zero attached hydrogens (tertiary/aromatic N) is 3. The molecule has 3 aliphatic rings. The molecule has 0 saturated carbocycles. The standard InChI is InChI=1S/C27H23F2N3O4/c1-2-35-27(33)21-15-31-19(13-17-9-5-3-6-10-17)16-36-26-23(29)22(28)24(20(25(26)31)14-32(21)34)30-18-11-7-4-8-12-18/h3-12,14-15,19,34H,2,13,16H2,1H3/t19-/m0/s1. The van der Waals surface area contributed by atoms with E-state index in [9.17, 15) is 10.0 Å². The highest BCUT2D eigenvalue weighted by molar-refractivity contribution is 6.16. The predicted molar refractivity (Wildman–Crippen MR) is 128 cm³/mol. The van der Waals surface area contributed by atoms with Crippen molar-refractivity contribution in [2.45, 2.75) is 19.4 Å². The van der Waals surface area contributed by atoms with E-state index >= 15 is 8.78 Å². The zero-order valence-corrected chi connectivity index (χ0v) is 19.4. The summed E-state index contributed by atoms with van der Waals surface area (Å²) in [5.41, 5.74) is 1.04. The molecule has 5 rings (SSSR count). The average Bonchev–Trinajstić information content (AvgIpc) is 3.04. The Morgan fingerprint density at radius 3 is 2.47 bits per heavy atom. The van der Waals surface area contributed by atoms with Crippen LogP contribution in [0.3, 0.4) is 0 Å². The van der Waals surface area contributed by atoms with Crippen molar-refractivity contribution in [1.82, 2.24) is 9.96 Å². The van der Waals surface area contributed by atoms with Crippen LogP contribution in [0.2, 0.25) is 0 Å².